The number of rotatable bonds is 9. The molecule has 1 aliphatic heterocycles. The number of nitrogens with one attached hydrogen (secondary N) is 2. The lowest BCUT2D eigenvalue weighted by Gasteiger charge is -2.47. The van der Waals surface area contributed by atoms with E-state index in [0.717, 1.165) is 37.7 Å². The number of hydrogen-bond acceptors (Lipinski definition) is 5. The number of aliphatic hydroxyl groups excluding tert-OH is 1. The van der Waals surface area contributed by atoms with Crippen molar-refractivity contribution in [1.29, 1.82) is 0 Å². The lowest BCUT2D eigenvalue weighted by Crippen LogP contribution is -2.52. The van der Waals surface area contributed by atoms with Gasteiger partial charge in [-0.15, -0.1) is 0 Å². The predicted molar refractivity (Wildman–Crippen MR) is 134 cm³/mol. The zero-order valence-corrected chi connectivity index (χ0v) is 21.4. The summed E-state index contributed by atoms with van der Waals surface area (Å²) in [5.74, 6) is 0.475. The Labute approximate surface area is 211 Å². The third-order valence-corrected chi connectivity index (χ3v) is 7.13. The fourth-order valence-electron chi connectivity index (χ4n) is 5.15. The van der Waals surface area contributed by atoms with E-state index >= 15 is 0 Å². The highest BCUT2D eigenvalue weighted by Gasteiger charge is 2.46. The Hall–Kier alpha value is -2.22. The molecule has 0 unspecified atom stereocenters. The van der Waals surface area contributed by atoms with Crippen LogP contribution in [0.3, 0.4) is 0 Å². The molecule has 4 rings (SSSR count). The van der Waals surface area contributed by atoms with E-state index in [-0.39, 0.29) is 35.5 Å². The average molecular weight is 504 g/mol. The maximum Gasteiger partial charge on any atom is 0.218 e. The predicted octanol–water partition coefficient (Wildman–Crippen LogP) is 4.52. The summed E-state index contributed by atoms with van der Waals surface area (Å²) in [5, 5.41) is 17.7. The second-order valence-corrected chi connectivity index (χ2v) is 10.9. The van der Waals surface area contributed by atoms with E-state index in [0.29, 0.717) is 17.4 Å². The summed E-state index contributed by atoms with van der Waals surface area (Å²) in [5.41, 5.74) is 2.59. The third kappa shape index (κ3) is 6.51. The molecule has 2 aromatic rings. The molecule has 1 spiro atoms. The van der Waals surface area contributed by atoms with Crippen molar-refractivity contribution in [3.05, 3.63) is 58.0 Å². The second-order valence-electron chi connectivity index (χ2n) is 10.5. The van der Waals surface area contributed by atoms with E-state index in [1.165, 1.54) is 24.6 Å². The number of nitrogens with zero attached hydrogens (tertiary/aromatic N) is 1. The first-order valence-corrected chi connectivity index (χ1v) is 12.8. The monoisotopic (exact) mass is 503 g/mol. The van der Waals surface area contributed by atoms with Crippen LogP contribution >= 0.6 is 11.6 Å². The molecule has 3 N–H and O–H groups in total. The van der Waals surface area contributed by atoms with Gasteiger partial charge >= 0.3 is 0 Å². The van der Waals surface area contributed by atoms with Gasteiger partial charge < -0.3 is 20.5 Å². The van der Waals surface area contributed by atoms with Gasteiger partial charge in [0.25, 0.3) is 0 Å². The Balaban J connectivity index is 1.50. The van der Waals surface area contributed by atoms with Crippen LogP contribution in [0.2, 0.25) is 5.02 Å². The SMILES string of the molecule is CC(=O)N[C@@H](Cc1cc(F)cc(Cl)c1)[C@@H](O)CN[C@H]1CC2(CCC2)Oc2ncc(CC(C)C)cc21. The summed E-state index contributed by atoms with van der Waals surface area (Å²) in [7, 11) is 0. The van der Waals surface area contributed by atoms with Crippen LogP contribution in [-0.2, 0) is 17.6 Å². The summed E-state index contributed by atoms with van der Waals surface area (Å²) in [6.07, 6.45) is 6.14. The highest BCUT2D eigenvalue weighted by Crippen LogP contribution is 2.48. The largest absolute Gasteiger partial charge is 0.471 e. The quantitative estimate of drug-likeness (QED) is 0.468. The first-order chi connectivity index (χ1) is 16.6. The fourth-order valence-corrected chi connectivity index (χ4v) is 5.40. The van der Waals surface area contributed by atoms with Crippen LogP contribution in [0.4, 0.5) is 4.39 Å². The number of carbonyl (C=O) groups is 1. The number of amides is 1. The zero-order valence-electron chi connectivity index (χ0n) is 20.6. The molecule has 1 saturated carbocycles. The molecule has 1 amide bonds. The summed E-state index contributed by atoms with van der Waals surface area (Å²) in [6.45, 7) is 6.02. The summed E-state index contributed by atoms with van der Waals surface area (Å²) < 4.78 is 20.2. The molecule has 35 heavy (non-hydrogen) atoms. The fraction of sp³-hybridized carbons (Fsp3) is 0.556. The topological polar surface area (TPSA) is 83.5 Å². The number of aromatic nitrogens is 1. The van der Waals surface area contributed by atoms with Crippen molar-refractivity contribution in [1.82, 2.24) is 15.6 Å². The molecule has 2 aliphatic rings. The van der Waals surface area contributed by atoms with Crippen molar-refractivity contribution in [3.63, 3.8) is 0 Å². The Morgan fingerprint density at radius 3 is 2.66 bits per heavy atom. The van der Waals surface area contributed by atoms with Gasteiger partial charge in [-0.2, -0.15) is 0 Å². The average Bonchev–Trinajstić information content (AvgIpc) is 2.74. The van der Waals surface area contributed by atoms with Crippen LogP contribution in [0.5, 0.6) is 5.88 Å². The molecule has 0 bridgehead atoms. The molecule has 1 aromatic heterocycles. The second kappa shape index (κ2) is 10.8. The molecular formula is C27H35ClFN3O3. The third-order valence-electron chi connectivity index (χ3n) is 6.91. The number of hydrogen-bond donors (Lipinski definition) is 3. The zero-order chi connectivity index (χ0) is 25.2. The lowest BCUT2D eigenvalue weighted by atomic mass is 9.73. The van der Waals surface area contributed by atoms with Gasteiger partial charge in [-0.25, -0.2) is 9.37 Å². The van der Waals surface area contributed by atoms with Gasteiger partial charge in [-0.1, -0.05) is 25.4 Å². The van der Waals surface area contributed by atoms with Crippen molar-refractivity contribution in [2.45, 2.75) is 83.1 Å². The maximum absolute atomic E-state index is 13.8. The molecule has 0 radical (unpaired) electrons. The van der Waals surface area contributed by atoms with Crippen molar-refractivity contribution < 1.29 is 19.0 Å². The van der Waals surface area contributed by atoms with E-state index in [1.807, 2.05) is 6.20 Å². The van der Waals surface area contributed by atoms with Gasteiger partial charge in [-0.3, -0.25) is 4.79 Å². The Kier molecular flexibility index (Phi) is 7.99. The van der Waals surface area contributed by atoms with Crippen LogP contribution in [-0.4, -0.2) is 40.3 Å². The number of halogens is 2. The van der Waals surface area contributed by atoms with Crippen molar-refractivity contribution in [2.24, 2.45) is 5.92 Å². The van der Waals surface area contributed by atoms with E-state index in [2.05, 4.69) is 35.5 Å². The summed E-state index contributed by atoms with van der Waals surface area (Å²) >= 11 is 6.00. The van der Waals surface area contributed by atoms with Gasteiger partial charge in [0.05, 0.1) is 12.1 Å². The first-order valence-electron chi connectivity index (χ1n) is 12.4. The van der Waals surface area contributed by atoms with Gasteiger partial charge in [0, 0.05) is 42.7 Å². The summed E-state index contributed by atoms with van der Waals surface area (Å²) in [4.78, 5) is 16.5. The number of benzene rings is 1. The minimum Gasteiger partial charge on any atom is -0.471 e. The van der Waals surface area contributed by atoms with Gasteiger partial charge in [0.1, 0.15) is 11.4 Å². The number of ether oxygens (including phenoxy) is 1. The molecule has 0 saturated heterocycles. The molecule has 1 aromatic carbocycles. The molecule has 1 fully saturated rings. The molecule has 8 heteroatoms. The highest BCUT2D eigenvalue weighted by atomic mass is 35.5. The van der Waals surface area contributed by atoms with Crippen molar-refractivity contribution in [3.8, 4) is 5.88 Å². The van der Waals surface area contributed by atoms with Gasteiger partial charge in [0.15, 0.2) is 0 Å². The molecule has 190 valence electrons. The van der Waals surface area contributed by atoms with Crippen molar-refractivity contribution >= 4 is 17.5 Å². The van der Waals surface area contributed by atoms with Crippen LogP contribution in [0.15, 0.2) is 30.5 Å². The molecule has 3 atom stereocenters. The van der Waals surface area contributed by atoms with Gasteiger partial charge in [-0.05, 0) is 73.4 Å². The molecule has 1 aliphatic carbocycles. The molecule has 6 nitrogen and oxygen atoms in total. The number of aliphatic hydroxyl groups is 1. The Morgan fingerprint density at radius 2 is 2.03 bits per heavy atom. The molecular weight excluding hydrogens is 469 g/mol. The van der Waals surface area contributed by atoms with Crippen LogP contribution in [0, 0.1) is 11.7 Å². The highest BCUT2D eigenvalue weighted by molar-refractivity contribution is 6.30. The standard InChI is InChI=1S/C27H35ClFN3O3/c1-16(2)7-19-10-22-24(13-27(5-4-6-27)35-26(22)31-14-19)30-15-25(34)23(32-17(3)33)11-18-8-20(28)12-21(29)9-18/h8-10,12,14,16,23-25,30,34H,4-7,11,13,15H2,1-3H3,(H,32,33)/t23-,24-,25-/m0/s1. The number of pyridine rings is 1. The number of carbonyl (C=O) groups excluding carboxylic acids is 1. The first kappa shape index (κ1) is 25.9. The normalized spacial score (nSPS) is 20.0. The minimum absolute atomic E-state index is 0.0186. The maximum atomic E-state index is 13.8. The van der Waals surface area contributed by atoms with E-state index < -0.39 is 18.0 Å². The van der Waals surface area contributed by atoms with Gasteiger partial charge in [0.2, 0.25) is 11.8 Å². The number of fused-ring (bicyclic) bond motifs is 1. The van der Waals surface area contributed by atoms with Crippen LogP contribution < -0.4 is 15.4 Å². The Bertz CT molecular complexity index is 1040. The van der Waals surface area contributed by atoms with E-state index in [9.17, 15) is 14.3 Å². The van der Waals surface area contributed by atoms with E-state index in [1.54, 1.807) is 6.07 Å². The van der Waals surface area contributed by atoms with E-state index in [4.69, 9.17) is 16.3 Å². The smallest absolute Gasteiger partial charge is 0.218 e. The minimum atomic E-state index is -0.892. The van der Waals surface area contributed by atoms with Crippen LogP contribution in [0.1, 0.15) is 69.2 Å². The summed E-state index contributed by atoms with van der Waals surface area (Å²) in [6, 6.07) is 5.80. The lowest BCUT2D eigenvalue weighted by molar-refractivity contribution is -0.120. The Morgan fingerprint density at radius 1 is 1.26 bits per heavy atom. The van der Waals surface area contributed by atoms with Crippen molar-refractivity contribution in [2.75, 3.05) is 6.54 Å². The molecule has 2 heterocycles. The van der Waals surface area contributed by atoms with Crippen LogP contribution in [0.25, 0.3) is 0 Å².